The maximum absolute atomic E-state index is 2.52. The number of nitrogens with zero attached hydrogens (tertiary/aromatic N) is 1. The summed E-state index contributed by atoms with van der Waals surface area (Å²) in [6.45, 7) is 1.87. The van der Waals surface area contributed by atoms with Crippen molar-refractivity contribution in [3.05, 3.63) is 181 Å². The SMILES string of the molecule is CN(Cc1cccc[c]1[Bi]([c]1ccccc1)[c]1ccccc1)Cc1cccc[c]1[Bi]([c]1ccccc1)[c]1ccccc1. The molecule has 6 aromatic carbocycles. The van der Waals surface area contributed by atoms with Crippen molar-refractivity contribution < 1.29 is 0 Å². The van der Waals surface area contributed by atoms with E-state index in [9.17, 15) is 0 Å². The maximum atomic E-state index is 2.52. The molecule has 6 rings (SSSR count). The van der Waals surface area contributed by atoms with E-state index in [4.69, 9.17) is 0 Å². The second-order valence-electron chi connectivity index (χ2n) is 10.4. The summed E-state index contributed by atoms with van der Waals surface area (Å²) >= 11 is -4.92. The summed E-state index contributed by atoms with van der Waals surface area (Å²) < 4.78 is 9.27. The molecular formula is C39H35Bi2N. The molecule has 0 aromatic heterocycles. The van der Waals surface area contributed by atoms with Crippen molar-refractivity contribution >= 4 is 63.1 Å². The van der Waals surface area contributed by atoms with Crippen LogP contribution >= 0.6 is 0 Å². The van der Waals surface area contributed by atoms with Crippen LogP contribution in [0.2, 0.25) is 0 Å². The van der Waals surface area contributed by atoms with Crippen LogP contribution < -0.4 is 19.6 Å². The van der Waals surface area contributed by atoms with Gasteiger partial charge in [-0.15, -0.1) is 0 Å². The normalized spacial score (nSPS) is 11.3. The fraction of sp³-hybridized carbons (Fsp3) is 0.0769. The summed E-state index contributed by atoms with van der Waals surface area (Å²) in [4.78, 5) is 2.52. The Labute approximate surface area is 266 Å². The van der Waals surface area contributed by atoms with Gasteiger partial charge in [-0.05, 0) is 0 Å². The van der Waals surface area contributed by atoms with Crippen LogP contribution in [-0.4, -0.2) is 55.4 Å². The molecule has 0 aliphatic rings. The zero-order valence-corrected chi connectivity index (χ0v) is 30.9. The molecule has 0 aliphatic heterocycles. The van der Waals surface area contributed by atoms with Crippen LogP contribution in [0.4, 0.5) is 0 Å². The molecular weight excluding hydrogens is 900 g/mol. The molecule has 0 atom stereocenters. The molecule has 0 radical (unpaired) electrons. The first kappa shape index (κ1) is 29.1. The summed E-state index contributed by atoms with van der Waals surface area (Å²) in [5, 5.41) is 0. The predicted octanol–water partition coefficient (Wildman–Crippen LogP) is 4.35. The van der Waals surface area contributed by atoms with Gasteiger partial charge in [-0.25, -0.2) is 0 Å². The Morgan fingerprint density at radius 3 is 0.929 bits per heavy atom. The van der Waals surface area contributed by atoms with Crippen LogP contribution in [0.5, 0.6) is 0 Å². The molecule has 1 nitrogen and oxygen atoms in total. The zero-order valence-electron chi connectivity index (χ0n) is 23.9. The summed E-state index contributed by atoms with van der Waals surface area (Å²) in [5.74, 6) is 0. The van der Waals surface area contributed by atoms with Gasteiger partial charge in [-0.1, -0.05) is 0 Å². The van der Waals surface area contributed by atoms with E-state index in [0.29, 0.717) is 0 Å². The van der Waals surface area contributed by atoms with Gasteiger partial charge in [-0.3, -0.25) is 0 Å². The van der Waals surface area contributed by atoms with Gasteiger partial charge in [0, 0.05) is 0 Å². The van der Waals surface area contributed by atoms with E-state index in [1.165, 1.54) is 24.2 Å². The second-order valence-corrected chi connectivity index (χ2v) is 27.4. The van der Waals surface area contributed by atoms with Gasteiger partial charge in [0.25, 0.3) is 0 Å². The van der Waals surface area contributed by atoms with Gasteiger partial charge in [0.2, 0.25) is 0 Å². The first-order chi connectivity index (χ1) is 20.8. The average Bonchev–Trinajstić information content (AvgIpc) is 3.05. The van der Waals surface area contributed by atoms with Crippen LogP contribution in [-0.2, 0) is 13.1 Å². The predicted molar refractivity (Wildman–Crippen MR) is 183 cm³/mol. The molecule has 0 spiro atoms. The van der Waals surface area contributed by atoms with Gasteiger partial charge < -0.3 is 0 Å². The van der Waals surface area contributed by atoms with E-state index in [1.54, 1.807) is 6.54 Å². The Morgan fingerprint density at radius 2 is 0.619 bits per heavy atom. The minimum atomic E-state index is -2.46. The van der Waals surface area contributed by atoms with Gasteiger partial charge in [0.1, 0.15) is 0 Å². The van der Waals surface area contributed by atoms with E-state index < -0.39 is 43.5 Å². The van der Waals surface area contributed by atoms with Gasteiger partial charge >= 0.3 is 269 Å². The minimum absolute atomic E-state index is 0.937. The fourth-order valence-corrected chi connectivity index (χ4v) is 24.7. The molecule has 0 bridgehead atoms. The van der Waals surface area contributed by atoms with Crippen LogP contribution in [0.3, 0.4) is 0 Å². The fourth-order valence-electron chi connectivity index (χ4n) is 5.53. The Balaban J connectivity index is 1.33. The molecule has 0 N–H and O–H groups in total. The Kier molecular flexibility index (Phi) is 10.0. The average molecular weight is 936 g/mol. The summed E-state index contributed by atoms with van der Waals surface area (Å²) in [6.07, 6.45) is 0. The molecule has 42 heavy (non-hydrogen) atoms. The van der Waals surface area contributed by atoms with Crippen molar-refractivity contribution in [1.29, 1.82) is 0 Å². The standard InChI is InChI=1S/C15H15N.4C6H5.2Bi/c1-16(12-14-8-4-2-5-9-14)13-15-10-6-3-7-11-15;4*1-2-4-6-5-3-1;;/h2-8,10H,12-13H2,1H3;4*1-5H;;. The number of hydrogen-bond acceptors (Lipinski definition) is 1. The van der Waals surface area contributed by atoms with Crippen molar-refractivity contribution in [2.45, 2.75) is 13.1 Å². The van der Waals surface area contributed by atoms with Crippen molar-refractivity contribution in [1.82, 2.24) is 4.90 Å². The van der Waals surface area contributed by atoms with Crippen LogP contribution in [0, 0.1) is 0 Å². The van der Waals surface area contributed by atoms with Gasteiger partial charge in [-0.2, -0.15) is 0 Å². The van der Waals surface area contributed by atoms with Crippen molar-refractivity contribution in [3.8, 4) is 0 Å². The molecule has 0 unspecified atom stereocenters. The van der Waals surface area contributed by atoms with Gasteiger partial charge in [0.15, 0.2) is 0 Å². The third kappa shape index (κ3) is 6.98. The van der Waals surface area contributed by atoms with Crippen molar-refractivity contribution in [2.75, 3.05) is 7.05 Å². The molecule has 206 valence electrons. The first-order valence-electron chi connectivity index (χ1n) is 14.4. The molecule has 3 heteroatoms. The second kappa shape index (κ2) is 14.5. The molecule has 0 saturated heterocycles. The molecule has 0 fully saturated rings. The van der Waals surface area contributed by atoms with Crippen LogP contribution in [0.15, 0.2) is 170 Å². The summed E-state index contributed by atoms with van der Waals surface area (Å²) in [7, 11) is 2.29. The third-order valence-electron chi connectivity index (χ3n) is 7.40. The van der Waals surface area contributed by atoms with E-state index in [0.717, 1.165) is 13.1 Å². The summed E-state index contributed by atoms with van der Waals surface area (Å²) in [5.41, 5.74) is 2.93. The Morgan fingerprint density at radius 1 is 0.357 bits per heavy atom. The quantitative estimate of drug-likeness (QED) is 0.185. The number of hydrogen-bond donors (Lipinski definition) is 0. The zero-order chi connectivity index (χ0) is 28.6. The molecule has 0 amide bonds. The Hall–Kier alpha value is -2.95. The van der Waals surface area contributed by atoms with Crippen LogP contribution in [0.25, 0.3) is 0 Å². The molecule has 0 heterocycles. The van der Waals surface area contributed by atoms with E-state index in [1.807, 2.05) is 0 Å². The third-order valence-corrected chi connectivity index (χ3v) is 27.2. The van der Waals surface area contributed by atoms with Crippen molar-refractivity contribution in [2.24, 2.45) is 0 Å². The first-order valence-corrected chi connectivity index (χ1v) is 24.9. The van der Waals surface area contributed by atoms with E-state index in [2.05, 4.69) is 182 Å². The molecule has 0 saturated carbocycles. The molecule has 0 aliphatic carbocycles. The Bertz CT molecular complexity index is 1480. The van der Waals surface area contributed by atoms with Crippen LogP contribution in [0.1, 0.15) is 11.1 Å². The number of rotatable bonds is 10. The van der Waals surface area contributed by atoms with Gasteiger partial charge in [0.05, 0.1) is 0 Å². The monoisotopic (exact) mass is 935 g/mol. The molecule has 6 aromatic rings. The van der Waals surface area contributed by atoms with E-state index in [-0.39, 0.29) is 0 Å². The van der Waals surface area contributed by atoms with Crippen molar-refractivity contribution in [3.63, 3.8) is 0 Å². The summed E-state index contributed by atoms with van der Waals surface area (Å²) in [6, 6.07) is 63.4. The number of benzene rings is 6. The van der Waals surface area contributed by atoms with E-state index >= 15 is 0 Å². The topological polar surface area (TPSA) is 3.24 Å².